The van der Waals surface area contributed by atoms with Gasteiger partial charge < -0.3 is 14.2 Å². The maximum atomic E-state index is 13.4. The smallest absolute Gasteiger partial charge is 0.316 e. The van der Waals surface area contributed by atoms with Crippen LogP contribution in [0.2, 0.25) is 0 Å². The quantitative estimate of drug-likeness (QED) is 0.141. The number of rotatable bonds is 7. The standard InChI is InChI=1S/C36H50O6/c1-22(2)40-29-25(19-20-28(37)23-15-17-24(18-16-23)41-31(38)35(9,10)11)30(42-32(39)36(12,13)14)27(34(6,7)8)21-26(29)33(3,4)5/h15-22H,1-14H3. The van der Waals surface area contributed by atoms with Gasteiger partial charge in [-0.1, -0.05) is 41.5 Å². The molecule has 0 aliphatic rings. The molecule has 0 saturated heterocycles. The first-order chi connectivity index (χ1) is 18.9. The lowest BCUT2D eigenvalue weighted by Gasteiger charge is -2.32. The summed E-state index contributed by atoms with van der Waals surface area (Å²) in [5.74, 6) is 0.339. The van der Waals surface area contributed by atoms with Crippen LogP contribution in [0.4, 0.5) is 0 Å². The molecule has 0 amide bonds. The average Bonchev–Trinajstić information content (AvgIpc) is 2.80. The van der Waals surface area contributed by atoms with Gasteiger partial charge in [0.25, 0.3) is 0 Å². The van der Waals surface area contributed by atoms with Crippen molar-refractivity contribution in [2.75, 3.05) is 0 Å². The van der Waals surface area contributed by atoms with Gasteiger partial charge in [-0.3, -0.25) is 14.4 Å². The molecule has 2 rings (SSSR count). The average molecular weight is 579 g/mol. The lowest BCUT2D eigenvalue weighted by molar-refractivity contribution is -0.143. The monoisotopic (exact) mass is 578 g/mol. The number of carbonyl (C=O) groups is 3. The number of hydrogen-bond donors (Lipinski definition) is 0. The third-order valence-electron chi connectivity index (χ3n) is 6.41. The Labute approximate surface area is 252 Å². The Morgan fingerprint density at radius 3 is 1.55 bits per heavy atom. The van der Waals surface area contributed by atoms with Crippen LogP contribution in [0, 0.1) is 10.8 Å². The molecule has 0 aliphatic carbocycles. The molecular weight excluding hydrogens is 528 g/mol. The molecule has 0 bridgehead atoms. The number of esters is 2. The van der Waals surface area contributed by atoms with Crippen LogP contribution < -0.4 is 14.2 Å². The third kappa shape index (κ3) is 9.04. The number of hydrogen-bond acceptors (Lipinski definition) is 6. The predicted molar refractivity (Wildman–Crippen MR) is 170 cm³/mol. The van der Waals surface area contributed by atoms with Crippen molar-refractivity contribution < 1.29 is 28.6 Å². The fourth-order valence-electron chi connectivity index (χ4n) is 3.86. The molecule has 2 aromatic carbocycles. The Kier molecular flexibility index (Phi) is 10.3. The van der Waals surface area contributed by atoms with Gasteiger partial charge in [0, 0.05) is 16.7 Å². The van der Waals surface area contributed by atoms with E-state index in [1.807, 2.05) is 34.6 Å². The minimum Gasteiger partial charge on any atom is -0.490 e. The molecular formula is C36H50O6. The fourth-order valence-corrected chi connectivity index (χ4v) is 3.86. The van der Waals surface area contributed by atoms with Crippen LogP contribution in [-0.4, -0.2) is 23.8 Å². The van der Waals surface area contributed by atoms with Gasteiger partial charge >= 0.3 is 11.9 Å². The summed E-state index contributed by atoms with van der Waals surface area (Å²) in [4.78, 5) is 38.8. The van der Waals surface area contributed by atoms with Gasteiger partial charge in [0.2, 0.25) is 0 Å². The molecule has 230 valence electrons. The van der Waals surface area contributed by atoms with E-state index >= 15 is 0 Å². The van der Waals surface area contributed by atoms with Crippen LogP contribution >= 0.6 is 0 Å². The van der Waals surface area contributed by atoms with Crippen LogP contribution in [0.15, 0.2) is 36.4 Å². The lowest BCUT2D eigenvalue weighted by Crippen LogP contribution is -2.28. The van der Waals surface area contributed by atoms with Gasteiger partial charge in [0.05, 0.1) is 22.5 Å². The summed E-state index contributed by atoms with van der Waals surface area (Å²) in [7, 11) is 0. The van der Waals surface area contributed by atoms with Crippen molar-refractivity contribution in [1.29, 1.82) is 0 Å². The van der Waals surface area contributed by atoms with Crippen molar-refractivity contribution in [2.45, 2.75) is 114 Å². The molecule has 0 aromatic heterocycles. The van der Waals surface area contributed by atoms with E-state index in [1.165, 1.54) is 6.08 Å². The summed E-state index contributed by atoms with van der Waals surface area (Å²) in [5, 5.41) is 0. The van der Waals surface area contributed by atoms with Gasteiger partial charge in [0.1, 0.15) is 17.2 Å². The van der Waals surface area contributed by atoms with Crippen LogP contribution in [0.5, 0.6) is 17.2 Å². The van der Waals surface area contributed by atoms with Gasteiger partial charge in [0.15, 0.2) is 5.78 Å². The van der Waals surface area contributed by atoms with Crippen LogP contribution in [0.25, 0.3) is 6.08 Å². The molecule has 0 radical (unpaired) electrons. The van der Waals surface area contributed by atoms with Crippen molar-refractivity contribution in [2.24, 2.45) is 10.8 Å². The number of benzene rings is 2. The first-order valence-electron chi connectivity index (χ1n) is 14.6. The molecule has 0 heterocycles. The molecule has 0 aliphatic heterocycles. The van der Waals surface area contributed by atoms with Gasteiger partial charge in [-0.15, -0.1) is 0 Å². The summed E-state index contributed by atoms with van der Waals surface area (Å²) in [6, 6.07) is 8.52. The zero-order valence-corrected chi connectivity index (χ0v) is 28.1. The normalized spacial score (nSPS) is 12.9. The van der Waals surface area contributed by atoms with Gasteiger partial charge in [-0.05, 0) is 109 Å². The molecule has 6 heteroatoms. The molecule has 6 nitrogen and oxygen atoms in total. The van der Waals surface area contributed by atoms with E-state index in [2.05, 4.69) is 47.6 Å². The third-order valence-corrected chi connectivity index (χ3v) is 6.41. The summed E-state index contributed by atoms with van der Waals surface area (Å²) in [5.41, 5.74) is 0.695. The van der Waals surface area contributed by atoms with Crippen molar-refractivity contribution in [3.63, 3.8) is 0 Å². The highest BCUT2D eigenvalue weighted by Crippen LogP contribution is 2.46. The number of carbonyl (C=O) groups excluding carboxylic acids is 3. The van der Waals surface area contributed by atoms with Crippen molar-refractivity contribution in [3.05, 3.63) is 58.7 Å². The van der Waals surface area contributed by atoms with Gasteiger partial charge in [-0.25, -0.2) is 0 Å². The largest absolute Gasteiger partial charge is 0.490 e. The zero-order chi connectivity index (χ0) is 32.4. The van der Waals surface area contributed by atoms with E-state index in [4.69, 9.17) is 14.2 Å². The van der Waals surface area contributed by atoms with Crippen LogP contribution in [0.1, 0.15) is 124 Å². The first-order valence-corrected chi connectivity index (χ1v) is 14.6. The van der Waals surface area contributed by atoms with Crippen molar-refractivity contribution >= 4 is 23.8 Å². The Morgan fingerprint density at radius 2 is 1.12 bits per heavy atom. The second-order valence-corrected chi connectivity index (χ2v) is 15.2. The summed E-state index contributed by atoms with van der Waals surface area (Å²) >= 11 is 0. The SMILES string of the molecule is CC(C)Oc1c(C(C)(C)C)cc(C(C)(C)C)c(OC(=O)C(C)(C)C)c1C=CC(=O)c1ccc(OC(=O)C(C)(C)C)cc1. The second-order valence-electron chi connectivity index (χ2n) is 15.2. The minimum atomic E-state index is -0.744. The first kappa shape index (κ1) is 34.8. The fraction of sp³-hybridized carbons (Fsp3) is 0.528. The van der Waals surface area contributed by atoms with Crippen molar-refractivity contribution in [1.82, 2.24) is 0 Å². The second kappa shape index (κ2) is 12.4. The zero-order valence-electron chi connectivity index (χ0n) is 28.1. The minimum absolute atomic E-state index is 0.163. The van der Waals surface area contributed by atoms with E-state index in [0.29, 0.717) is 28.4 Å². The number of allylic oxidation sites excluding steroid dienone is 1. The molecule has 0 spiro atoms. The summed E-state index contributed by atoms with van der Waals surface area (Å²) < 4.78 is 18.0. The topological polar surface area (TPSA) is 78.9 Å². The summed E-state index contributed by atoms with van der Waals surface area (Å²) in [6.45, 7) is 27.2. The van der Waals surface area contributed by atoms with E-state index in [9.17, 15) is 14.4 Å². The molecule has 42 heavy (non-hydrogen) atoms. The Balaban J connectivity index is 2.74. The molecule has 0 fully saturated rings. The van der Waals surface area contributed by atoms with Gasteiger partial charge in [-0.2, -0.15) is 0 Å². The summed E-state index contributed by atoms with van der Waals surface area (Å²) in [6.07, 6.45) is 2.99. The maximum Gasteiger partial charge on any atom is 0.316 e. The highest BCUT2D eigenvalue weighted by Gasteiger charge is 2.34. The van der Waals surface area contributed by atoms with E-state index in [1.54, 1.807) is 51.1 Å². The molecule has 0 saturated carbocycles. The van der Waals surface area contributed by atoms with Crippen LogP contribution in [0.3, 0.4) is 0 Å². The van der Waals surface area contributed by atoms with Crippen molar-refractivity contribution in [3.8, 4) is 17.2 Å². The van der Waals surface area contributed by atoms with Crippen LogP contribution in [-0.2, 0) is 20.4 Å². The number of ketones is 1. The van der Waals surface area contributed by atoms with E-state index in [-0.39, 0.29) is 34.7 Å². The van der Waals surface area contributed by atoms with E-state index in [0.717, 1.165) is 11.1 Å². The predicted octanol–water partition coefficient (Wildman–Crippen LogP) is 8.87. The Hall–Kier alpha value is -3.41. The molecule has 0 atom stereocenters. The van der Waals surface area contributed by atoms with E-state index < -0.39 is 10.8 Å². The highest BCUT2D eigenvalue weighted by atomic mass is 16.5. The molecule has 0 unspecified atom stereocenters. The molecule has 0 N–H and O–H groups in total. The highest BCUT2D eigenvalue weighted by molar-refractivity contribution is 6.07. The Morgan fingerprint density at radius 1 is 0.667 bits per heavy atom. The maximum absolute atomic E-state index is 13.4. The Bertz CT molecular complexity index is 1330. The lowest BCUT2D eigenvalue weighted by atomic mass is 9.78. The molecule has 2 aromatic rings. The number of ether oxygens (including phenoxy) is 3.